The second kappa shape index (κ2) is 4.89. The number of hydrogen-bond donors (Lipinski definition) is 0. The Labute approximate surface area is 103 Å². The van der Waals surface area contributed by atoms with Crippen molar-refractivity contribution < 1.29 is 4.52 Å². The Balaban J connectivity index is 2.31. The van der Waals surface area contributed by atoms with Gasteiger partial charge in [-0.15, -0.1) is 0 Å². The molecule has 0 aliphatic heterocycles. The van der Waals surface area contributed by atoms with Crippen LogP contribution < -0.4 is 0 Å². The zero-order chi connectivity index (χ0) is 11.5. The maximum absolute atomic E-state index is 6.04. The molecule has 0 N–H and O–H groups in total. The molecule has 0 bridgehead atoms. The first kappa shape index (κ1) is 11.5. The first-order chi connectivity index (χ1) is 7.70. The fourth-order valence-electron chi connectivity index (χ4n) is 1.29. The molecule has 0 unspecified atom stereocenters. The van der Waals surface area contributed by atoms with Crippen molar-refractivity contribution in [1.82, 2.24) is 10.1 Å². The van der Waals surface area contributed by atoms with Gasteiger partial charge in [0.25, 0.3) is 0 Å². The number of aromatic nitrogens is 2. The summed E-state index contributed by atoms with van der Waals surface area (Å²) in [6.07, 6.45) is 1.99. The highest BCUT2D eigenvalue weighted by Gasteiger charge is 2.08. The molecular weight excluding hydrogens is 244 g/mol. The van der Waals surface area contributed by atoms with E-state index in [1.54, 1.807) is 11.8 Å². The minimum absolute atomic E-state index is 0.589. The van der Waals surface area contributed by atoms with Gasteiger partial charge in [-0.25, -0.2) is 0 Å². The van der Waals surface area contributed by atoms with E-state index in [9.17, 15) is 0 Å². The molecule has 5 heteroatoms. The van der Waals surface area contributed by atoms with Crippen LogP contribution in [0.5, 0.6) is 0 Å². The molecule has 0 radical (unpaired) electrons. The van der Waals surface area contributed by atoms with Gasteiger partial charge >= 0.3 is 0 Å². The average molecular weight is 255 g/mol. The van der Waals surface area contributed by atoms with Crippen LogP contribution in [-0.4, -0.2) is 16.4 Å². The van der Waals surface area contributed by atoms with Crippen LogP contribution in [-0.2, 0) is 5.75 Å². The summed E-state index contributed by atoms with van der Waals surface area (Å²) >= 11 is 7.69. The molecule has 84 valence electrons. The Bertz CT molecular complexity index is 498. The van der Waals surface area contributed by atoms with Gasteiger partial charge in [-0.1, -0.05) is 28.9 Å². The Morgan fingerprint density at radius 1 is 1.44 bits per heavy atom. The third kappa shape index (κ3) is 2.39. The lowest BCUT2D eigenvalue weighted by molar-refractivity contribution is 0.392. The average Bonchev–Trinajstić information content (AvgIpc) is 2.71. The highest BCUT2D eigenvalue weighted by molar-refractivity contribution is 7.97. The smallest absolute Gasteiger partial charge is 0.236 e. The largest absolute Gasteiger partial charge is 0.338 e. The highest BCUT2D eigenvalue weighted by atomic mass is 35.5. The van der Waals surface area contributed by atoms with Crippen molar-refractivity contribution in [2.24, 2.45) is 0 Å². The lowest BCUT2D eigenvalue weighted by Crippen LogP contribution is -1.83. The van der Waals surface area contributed by atoms with Crippen LogP contribution in [0.2, 0.25) is 5.02 Å². The summed E-state index contributed by atoms with van der Waals surface area (Å²) in [4.78, 5) is 4.28. The molecular formula is C11H11ClN2OS. The zero-order valence-corrected chi connectivity index (χ0v) is 10.6. The molecule has 16 heavy (non-hydrogen) atoms. The van der Waals surface area contributed by atoms with Gasteiger partial charge in [-0.05, 0) is 24.8 Å². The molecule has 0 saturated carbocycles. The fourth-order valence-corrected chi connectivity index (χ4v) is 1.83. The minimum atomic E-state index is 0.589. The Morgan fingerprint density at radius 2 is 2.25 bits per heavy atom. The highest BCUT2D eigenvalue weighted by Crippen LogP contribution is 2.23. The van der Waals surface area contributed by atoms with Crippen molar-refractivity contribution in [1.29, 1.82) is 0 Å². The molecule has 0 amide bonds. The normalized spacial score (nSPS) is 10.7. The van der Waals surface area contributed by atoms with E-state index in [-0.39, 0.29) is 0 Å². The number of rotatable bonds is 3. The quantitative estimate of drug-likeness (QED) is 0.840. The van der Waals surface area contributed by atoms with E-state index in [2.05, 4.69) is 10.1 Å². The topological polar surface area (TPSA) is 38.9 Å². The van der Waals surface area contributed by atoms with Crippen LogP contribution in [0, 0.1) is 6.92 Å². The molecule has 0 saturated heterocycles. The van der Waals surface area contributed by atoms with Crippen molar-refractivity contribution in [2.75, 3.05) is 6.26 Å². The maximum atomic E-state index is 6.04. The van der Waals surface area contributed by atoms with E-state index >= 15 is 0 Å². The molecule has 0 aliphatic carbocycles. The van der Waals surface area contributed by atoms with Crippen molar-refractivity contribution >= 4 is 23.4 Å². The summed E-state index contributed by atoms with van der Waals surface area (Å²) in [5.74, 6) is 1.96. The van der Waals surface area contributed by atoms with Gasteiger partial charge in [0.05, 0.1) is 5.75 Å². The second-order valence-electron chi connectivity index (χ2n) is 3.41. The predicted molar refractivity (Wildman–Crippen MR) is 66.7 cm³/mol. The second-order valence-corrected chi connectivity index (χ2v) is 4.68. The van der Waals surface area contributed by atoms with Crippen LogP contribution in [0.4, 0.5) is 0 Å². The van der Waals surface area contributed by atoms with Gasteiger partial charge in [-0.2, -0.15) is 16.7 Å². The number of benzene rings is 1. The Kier molecular flexibility index (Phi) is 3.51. The number of halogens is 1. The van der Waals surface area contributed by atoms with Crippen LogP contribution in [0.3, 0.4) is 0 Å². The van der Waals surface area contributed by atoms with Crippen LogP contribution in [0.25, 0.3) is 11.4 Å². The van der Waals surface area contributed by atoms with E-state index in [0.29, 0.717) is 16.7 Å². The lowest BCUT2D eigenvalue weighted by Gasteiger charge is -1.98. The molecule has 0 spiro atoms. The SMILES string of the molecule is CSCc1nc(-c2ccc(C)c(Cl)c2)no1. The summed E-state index contributed by atoms with van der Waals surface area (Å²) in [5, 5.41) is 4.63. The standard InChI is InChI=1S/C11H11ClN2OS/c1-7-3-4-8(5-9(7)12)11-13-10(6-16-2)15-14-11/h3-5H,6H2,1-2H3. The van der Waals surface area contributed by atoms with E-state index in [0.717, 1.165) is 16.9 Å². The first-order valence-electron chi connectivity index (χ1n) is 4.79. The third-order valence-corrected chi connectivity index (χ3v) is 3.11. The zero-order valence-electron chi connectivity index (χ0n) is 9.03. The van der Waals surface area contributed by atoms with Gasteiger partial charge in [0.1, 0.15) is 0 Å². The summed E-state index contributed by atoms with van der Waals surface area (Å²) in [7, 11) is 0. The Morgan fingerprint density at radius 3 is 2.94 bits per heavy atom. The number of aryl methyl sites for hydroxylation is 1. The van der Waals surface area contributed by atoms with Crippen molar-refractivity contribution in [3.63, 3.8) is 0 Å². The Hall–Kier alpha value is -1.00. The third-order valence-electron chi connectivity index (χ3n) is 2.17. The van der Waals surface area contributed by atoms with Gasteiger partial charge < -0.3 is 4.52 Å². The number of thioether (sulfide) groups is 1. The fraction of sp³-hybridized carbons (Fsp3) is 0.273. The maximum Gasteiger partial charge on any atom is 0.236 e. The number of nitrogens with zero attached hydrogens (tertiary/aromatic N) is 2. The molecule has 3 nitrogen and oxygen atoms in total. The molecule has 2 aromatic rings. The van der Waals surface area contributed by atoms with Crippen LogP contribution in [0.1, 0.15) is 11.5 Å². The van der Waals surface area contributed by atoms with Gasteiger partial charge in [0.2, 0.25) is 11.7 Å². The van der Waals surface area contributed by atoms with Crippen molar-refractivity contribution in [2.45, 2.75) is 12.7 Å². The molecule has 0 aliphatic rings. The van der Waals surface area contributed by atoms with Gasteiger partial charge in [-0.3, -0.25) is 0 Å². The lowest BCUT2D eigenvalue weighted by atomic mass is 10.1. The van der Waals surface area contributed by atoms with Crippen LogP contribution >= 0.6 is 23.4 Å². The summed E-state index contributed by atoms with van der Waals surface area (Å²) in [5.41, 5.74) is 1.92. The summed E-state index contributed by atoms with van der Waals surface area (Å²) < 4.78 is 5.10. The molecule has 0 atom stereocenters. The van der Waals surface area contributed by atoms with E-state index in [1.807, 2.05) is 31.4 Å². The summed E-state index contributed by atoms with van der Waals surface area (Å²) in [6.45, 7) is 1.96. The van der Waals surface area contributed by atoms with E-state index in [4.69, 9.17) is 16.1 Å². The predicted octanol–water partition coefficient (Wildman–Crippen LogP) is 3.56. The molecule has 0 fully saturated rings. The molecule has 1 heterocycles. The van der Waals surface area contributed by atoms with Gasteiger partial charge in [0, 0.05) is 10.6 Å². The van der Waals surface area contributed by atoms with Crippen molar-refractivity contribution in [3.05, 3.63) is 34.7 Å². The molecule has 2 rings (SSSR count). The summed E-state index contributed by atoms with van der Waals surface area (Å²) in [6, 6.07) is 5.74. The van der Waals surface area contributed by atoms with E-state index < -0.39 is 0 Å². The van der Waals surface area contributed by atoms with Crippen LogP contribution in [0.15, 0.2) is 22.7 Å². The molecule has 1 aromatic carbocycles. The van der Waals surface area contributed by atoms with Crippen molar-refractivity contribution in [3.8, 4) is 11.4 Å². The van der Waals surface area contributed by atoms with E-state index in [1.165, 1.54) is 0 Å². The first-order valence-corrected chi connectivity index (χ1v) is 6.56. The number of hydrogen-bond acceptors (Lipinski definition) is 4. The minimum Gasteiger partial charge on any atom is -0.338 e. The molecule has 1 aromatic heterocycles. The van der Waals surface area contributed by atoms with Gasteiger partial charge in [0.15, 0.2) is 0 Å². The monoisotopic (exact) mass is 254 g/mol.